The summed E-state index contributed by atoms with van der Waals surface area (Å²) in [6, 6.07) is 7.40. The molecule has 0 unspecified atom stereocenters. The van der Waals surface area contributed by atoms with Gasteiger partial charge in [0.15, 0.2) is 5.13 Å². The molecule has 1 N–H and O–H groups in total. The summed E-state index contributed by atoms with van der Waals surface area (Å²) < 4.78 is 0. The standard InChI is InChI=1S/C12H11ClN2O2S/c1-7-10(11(16)17)18-12(15-7)14-6-8-2-4-9(13)5-3-8/h2-5H,6H2,1H3,(H,14,15)(H,16,17)/p-1. The Balaban J connectivity index is 2.04. The normalized spacial score (nSPS) is 10.3. The third kappa shape index (κ3) is 3.00. The van der Waals surface area contributed by atoms with Crippen LogP contribution in [0.5, 0.6) is 0 Å². The highest BCUT2D eigenvalue weighted by molar-refractivity contribution is 7.17. The van der Waals surface area contributed by atoms with Crippen LogP contribution >= 0.6 is 22.9 Å². The van der Waals surface area contributed by atoms with E-state index < -0.39 is 5.97 Å². The number of rotatable bonds is 4. The van der Waals surface area contributed by atoms with Crippen LogP contribution in [0.2, 0.25) is 5.02 Å². The van der Waals surface area contributed by atoms with Crippen molar-refractivity contribution in [3.63, 3.8) is 0 Å². The van der Waals surface area contributed by atoms with Gasteiger partial charge >= 0.3 is 0 Å². The van der Waals surface area contributed by atoms with Crippen molar-refractivity contribution in [1.82, 2.24) is 4.98 Å². The highest BCUT2D eigenvalue weighted by Crippen LogP contribution is 2.22. The first-order chi connectivity index (χ1) is 8.56. The van der Waals surface area contributed by atoms with Gasteiger partial charge in [0.25, 0.3) is 0 Å². The van der Waals surface area contributed by atoms with E-state index in [4.69, 9.17) is 11.6 Å². The zero-order valence-electron chi connectivity index (χ0n) is 9.57. The molecule has 0 bridgehead atoms. The van der Waals surface area contributed by atoms with Crippen LogP contribution in [0.25, 0.3) is 0 Å². The van der Waals surface area contributed by atoms with Crippen LogP contribution < -0.4 is 10.4 Å². The van der Waals surface area contributed by atoms with Crippen molar-refractivity contribution in [3.8, 4) is 0 Å². The maximum absolute atomic E-state index is 10.8. The summed E-state index contributed by atoms with van der Waals surface area (Å²) >= 11 is 6.86. The van der Waals surface area contributed by atoms with E-state index in [0.717, 1.165) is 16.9 Å². The molecule has 94 valence electrons. The first kappa shape index (κ1) is 12.9. The number of hydrogen-bond donors (Lipinski definition) is 1. The number of aryl methyl sites for hydroxylation is 1. The number of carboxylic acid groups (broad SMARTS) is 1. The van der Waals surface area contributed by atoms with Crippen molar-refractivity contribution >= 4 is 34.0 Å². The minimum Gasteiger partial charge on any atom is -0.544 e. The summed E-state index contributed by atoms with van der Waals surface area (Å²) in [5, 5.41) is 15.1. The first-order valence-electron chi connectivity index (χ1n) is 5.23. The van der Waals surface area contributed by atoms with E-state index in [2.05, 4.69) is 10.3 Å². The number of carbonyl (C=O) groups is 1. The fraction of sp³-hybridized carbons (Fsp3) is 0.167. The quantitative estimate of drug-likeness (QED) is 0.932. The number of aromatic carboxylic acids is 1. The lowest BCUT2D eigenvalue weighted by atomic mass is 10.2. The van der Waals surface area contributed by atoms with Gasteiger partial charge in [0.1, 0.15) is 0 Å². The largest absolute Gasteiger partial charge is 0.544 e. The van der Waals surface area contributed by atoms with E-state index in [-0.39, 0.29) is 4.88 Å². The number of halogens is 1. The molecular formula is C12H10ClN2O2S-. The fourth-order valence-electron chi connectivity index (χ4n) is 1.44. The molecule has 4 nitrogen and oxygen atoms in total. The molecule has 0 saturated carbocycles. The van der Waals surface area contributed by atoms with Gasteiger partial charge in [-0.2, -0.15) is 0 Å². The topological polar surface area (TPSA) is 65.0 Å². The number of carbonyl (C=O) groups excluding carboxylic acids is 1. The molecule has 0 spiro atoms. The van der Waals surface area contributed by atoms with Gasteiger partial charge in [0.05, 0.1) is 16.5 Å². The summed E-state index contributed by atoms with van der Waals surface area (Å²) in [5.41, 5.74) is 1.51. The van der Waals surface area contributed by atoms with Crippen LogP contribution in [-0.2, 0) is 6.54 Å². The molecule has 18 heavy (non-hydrogen) atoms. The predicted molar refractivity (Wildman–Crippen MR) is 70.0 cm³/mol. The molecule has 0 aliphatic heterocycles. The molecule has 1 aromatic carbocycles. The number of nitrogens with zero attached hydrogens (tertiary/aromatic N) is 1. The van der Waals surface area contributed by atoms with Crippen LogP contribution in [0, 0.1) is 6.92 Å². The molecule has 0 aliphatic carbocycles. The van der Waals surface area contributed by atoms with Gasteiger partial charge in [-0.05, 0) is 24.6 Å². The first-order valence-corrected chi connectivity index (χ1v) is 6.43. The van der Waals surface area contributed by atoms with E-state index in [9.17, 15) is 9.90 Å². The van der Waals surface area contributed by atoms with Gasteiger partial charge in [-0.25, -0.2) is 4.98 Å². The van der Waals surface area contributed by atoms with E-state index in [1.165, 1.54) is 0 Å². The van der Waals surface area contributed by atoms with Gasteiger partial charge in [0, 0.05) is 11.6 Å². The Kier molecular flexibility index (Phi) is 3.84. The Hall–Kier alpha value is -1.59. The van der Waals surface area contributed by atoms with Gasteiger partial charge in [-0.15, -0.1) is 0 Å². The molecule has 0 amide bonds. The highest BCUT2D eigenvalue weighted by Gasteiger charge is 2.07. The zero-order valence-corrected chi connectivity index (χ0v) is 11.1. The van der Waals surface area contributed by atoms with Crippen LogP contribution in [0.3, 0.4) is 0 Å². The van der Waals surface area contributed by atoms with Gasteiger partial charge < -0.3 is 15.2 Å². The van der Waals surface area contributed by atoms with Crippen molar-refractivity contribution in [2.24, 2.45) is 0 Å². The number of nitrogens with one attached hydrogen (secondary N) is 1. The monoisotopic (exact) mass is 281 g/mol. The van der Waals surface area contributed by atoms with Gasteiger partial charge in [0.2, 0.25) is 0 Å². The predicted octanol–water partition coefficient (Wildman–Crippen LogP) is 2.08. The maximum atomic E-state index is 10.8. The molecule has 2 rings (SSSR count). The Morgan fingerprint density at radius 2 is 2.11 bits per heavy atom. The number of carboxylic acids is 1. The summed E-state index contributed by atoms with van der Waals surface area (Å²) in [7, 11) is 0. The lowest BCUT2D eigenvalue weighted by molar-refractivity contribution is -0.254. The SMILES string of the molecule is Cc1nc(NCc2ccc(Cl)cc2)sc1C(=O)[O-]. The van der Waals surface area contributed by atoms with E-state index in [1.807, 2.05) is 12.1 Å². The third-order valence-electron chi connectivity index (χ3n) is 2.34. The van der Waals surface area contributed by atoms with Crippen molar-refractivity contribution in [2.45, 2.75) is 13.5 Å². The second-order valence-electron chi connectivity index (χ2n) is 3.70. The van der Waals surface area contributed by atoms with Gasteiger partial charge in [-0.1, -0.05) is 35.1 Å². The van der Waals surface area contributed by atoms with E-state index in [0.29, 0.717) is 22.4 Å². The molecule has 2 aromatic rings. The fourth-order valence-corrected chi connectivity index (χ4v) is 2.36. The molecule has 0 atom stereocenters. The number of anilines is 1. The molecular weight excluding hydrogens is 272 g/mol. The average Bonchev–Trinajstić information content (AvgIpc) is 2.70. The highest BCUT2D eigenvalue weighted by atomic mass is 35.5. The number of thiazole rings is 1. The summed E-state index contributed by atoms with van der Waals surface area (Å²) in [6.45, 7) is 2.21. The summed E-state index contributed by atoms with van der Waals surface area (Å²) in [6.07, 6.45) is 0. The minimum absolute atomic E-state index is 0.161. The molecule has 0 fully saturated rings. The van der Waals surface area contributed by atoms with Gasteiger partial charge in [-0.3, -0.25) is 0 Å². The second-order valence-corrected chi connectivity index (χ2v) is 5.14. The Bertz CT molecular complexity index is 566. The minimum atomic E-state index is -1.19. The lowest BCUT2D eigenvalue weighted by Gasteiger charge is -2.02. The lowest BCUT2D eigenvalue weighted by Crippen LogP contribution is -2.21. The molecule has 0 saturated heterocycles. The van der Waals surface area contributed by atoms with Crippen molar-refractivity contribution in [1.29, 1.82) is 0 Å². The Morgan fingerprint density at radius 3 is 2.67 bits per heavy atom. The summed E-state index contributed by atoms with van der Waals surface area (Å²) in [5.74, 6) is -1.19. The molecule has 0 aliphatic rings. The van der Waals surface area contributed by atoms with Crippen LogP contribution in [0.1, 0.15) is 20.9 Å². The molecule has 6 heteroatoms. The van der Waals surface area contributed by atoms with E-state index in [1.54, 1.807) is 19.1 Å². The molecule has 1 aromatic heterocycles. The smallest absolute Gasteiger partial charge is 0.183 e. The number of aromatic nitrogens is 1. The van der Waals surface area contributed by atoms with Crippen molar-refractivity contribution in [3.05, 3.63) is 45.4 Å². The molecule has 0 radical (unpaired) electrons. The zero-order chi connectivity index (χ0) is 13.1. The van der Waals surface area contributed by atoms with Crippen LogP contribution in [0.15, 0.2) is 24.3 Å². The number of benzene rings is 1. The summed E-state index contributed by atoms with van der Waals surface area (Å²) in [4.78, 5) is 15.0. The van der Waals surface area contributed by atoms with Crippen LogP contribution in [0.4, 0.5) is 5.13 Å². The second kappa shape index (κ2) is 5.37. The Morgan fingerprint density at radius 1 is 1.44 bits per heavy atom. The maximum Gasteiger partial charge on any atom is 0.183 e. The van der Waals surface area contributed by atoms with E-state index >= 15 is 0 Å². The Labute approximate surface area is 113 Å². The van der Waals surface area contributed by atoms with Crippen molar-refractivity contribution < 1.29 is 9.90 Å². The third-order valence-corrected chi connectivity index (χ3v) is 3.69. The average molecular weight is 282 g/mol. The van der Waals surface area contributed by atoms with Crippen LogP contribution in [-0.4, -0.2) is 11.0 Å². The number of hydrogen-bond acceptors (Lipinski definition) is 5. The van der Waals surface area contributed by atoms with Crippen molar-refractivity contribution in [2.75, 3.05) is 5.32 Å². The molecule has 1 heterocycles.